The van der Waals surface area contributed by atoms with Crippen molar-refractivity contribution < 1.29 is 28.8 Å². The van der Waals surface area contributed by atoms with Crippen LogP contribution >= 0.6 is 0 Å². The van der Waals surface area contributed by atoms with Gasteiger partial charge in [-0.2, -0.15) is 0 Å². The van der Waals surface area contributed by atoms with Crippen molar-refractivity contribution in [1.29, 1.82) is 0 Å². The highest BCUT2D eigenvalue weighted by Gasteiger charge is 2.42. The van der Waals surface area contributed by atoms with E-state index in [1.54, 1.807) is 0 Å². The zero-order valence-corrected chi connectivity index (χ0v) is 29.2. The number of nitrogens with one attached hydrogen (secondary N) is 5. The Morgan fingerprint density at radius 1 is 0.840 bits per heavy atom. The standard InChI is InChI=1S/C38H50N6O6/c1-23(2)20-29-36(48)41-30(22-26-8-5-4-6-9-26)34(46)39-18-17-25-11-13-27(14-12-25)21-24(3)33(43-35(47)28-15-16-32(45)40-28)38(50)44-19-7-10-31(44)37(49)42-29/h4-6,8-9,11-14,23-24,28-31,33H,7,10,15-22H2,1-3H3,(H,39,46)(H,40,45)(H,41,48)(H,42,49)(H,43,47)/t24-,28-,29-,30-,31-,33-/m0/s1. The Hall–Kier alpha value is -4.74. The first-order valence-corrected chi connectivity index (χ1v) is 17.9. The van der Waals surface area contributed by atoms with Crippen molar-refractivity contribution in [3.8, 4) is 0 Å². The third-order valence-electron chi connectivity index (χ3n) is 9.83. The van der Waals surface area contributed by atoms with Gasteiger partial charge in [0.15, 0.2) is 0 Å². The van der Waals surface area contributed by atoms with Crippen LogP contribution in [-0.4, -0.2) is 83.6 Å². The van der Waals surface area contributed by atoms with E-state index in [-0.39, 0.29) is 42.4 Å². The lowest BCUT2D eigenvalue weighted by molar-refractivity contribution is -0.143. The average molecular weight is 687 g/mol. The van der Waals surface area contributed by atoms with Crippen LogP contribution in [0.25, 0.3) is 0 Å². The lowest BCUT2D eigenvalue weighted by Crippen LogP contribution is -2.60. The van der Waals surface area contributed by atoms with Crippen molar-refractivity contribution in [2.75, 3.05) is 13.1 Å². The number of rotatable bonds is 6. The Kier molecular flexibility index (Phi) is 12.3. The Morgan fingerprint density at radius 3 is 2.22 bits per heavy atom. The molecule has 4 heterocycles. The second-order valence-electron chi connectivity index (χ2n) is 14.3. The highest BCUT2D eigenvalue weighted by Crippen LogP contribution is 2.24. The molecule has 12 nitrogen and oxygen atoms in total. The van der Waals surface area contributed by atoms with Crippen molar-refractivity contribution in [2.45, 2.75) is 102 Å². The molecule has 12 heteroatoms. The monoisotopic (exact) mass is 686 g/mol. The molecule has 4 aliphatic rings. The van der Waals surface area contributed by atoms with Crippen LogP contribution in [0.15, 0.2) is 54.6 Å². The largest absolute Gasteiger partial charge is 0.354 e. The zero-order valence-electron chi connectivity index (χ0n) is 29.2. The summed E-state index contributed by atoms with van der Waals surface area (Å²) in [5.41, 5.74) is 2.87. The molecule has 0 spiro atoms. The summed E-state index contributed by atoms with van der Waals surface area (Å²) in [7, 11) is 0. The van der Waals surface area contributed by atoms with Crippen LogP contribution in [0.1, 0.15) is 69.6 Å². The molecule has 6 rings (SSSR count). The van der Waals surface area contributed by atoms with E-state index in [1.165, 1.54) is 4.90 Å². The van der Waals surface area contributed by atoms with Gasteiger partial charge in [0, 0.05) is 25.9 Å². The van der Waals surface area contributed by atoms with Gasteiger partial charge in [-0.25, -0.2) is 0 Å². The number of hydrogen-bond donors (Lipinski definition) is 5. The third kappa shape index (κ3) is 9.48. The first-order valence-electron chi connectivity index (χ1n) is 17.9. The van der Waals surface area contributed by atoms with Crippen LogP contribution in [0.2, 0.25) is 0 Å². The number of hydrogen-bond acceptors (Lipinski definition) is 6. The molecular weight excluding hydrogens is 636 g/mol. The van der Waals surface area contributed by atoms with Gasteiger partial charge in [-0.3, -0.25) is 28.8 Å². The van der Waals surface area contributed by atoms with Crippen molar-refractivity contribution in [3.63, 3.8) is 0 Å². The van der Waals surface area contributed by atoms with Crippen LogP contribution in [0, 0.1) is 11.8 Å². The molecule has 2 bridgehead atoms. The van der Waals surface area contributed by atoms with Gasteiger partial charge < -0.3 is 31.5 Å². The second kappa shape index (κ2) is 16.8. The summed E-state index contributed by atoms with van der Waals surface area (Å²) in [6.45, 7) is 6.48. The first-order chi connectivity index (χ1) is 24.0. The Morgan fingerprint density at radius 2 is 1.54 bits per heavy atom. The fourth-order valence-corrected chi connectivity index (χ4v) is 7.08. The van der Waals surface area contributed by atoms with Crippen LogP contribution in [-0.2, 0) is 48.0 Å². The summed E-state index contributed by atoms with van der Waals surface area (Å²) in [4.78, 5) is 82.3. The van der Waals surface area contributed by atoms with Crippen LogP contribution in [0.5, 0.6) is 0 Å². The maximum absolute atomic E-state index is 14.3. The Labute approximate surface area is 293 Å². The molecule has 6 atom stereocenters. The van der Waals surface area contributed by atoms with Gasteiger partial charge in [-0.1, -0.05) is 75.4 Å². The molecule has 2 fully saturated rings. The predicted molar refractivity (Wildman–Crippen MR) is 187 cm³/mol. The normalized spacial score (nSPS) is 26.9. The summed E-state index contributed by atoms with van der Waals surface area (Å²) < 4.78 is 0. The van der Waals surface area contributed by atoms with Crippen LogP contribution in [0.3, 0.4) is 0 Å². The highest BCUT2D eigenvalue weighted by molar-refractivity contribution is 5.97. The summed E-state index contributed by atoms with van der Waals surface area (Å²) >= 11 is 0. The maximum atomic E-state index is 14.3. The fourth-order valence-electron chi connectivity index (χ4n) is 7.08. The first kappa shape index (κ1) is 36.5. The SMILES string of the molecule is CC(C)C[C@@H]1NC(=O)[C@@H]2CCCN2C(=O)[C@@H](NC(=O)[C@@H]2CCC(=O)N2)[C@@H](C)Cc2ccc(cc2)CCNC(=O)[C@H](Cc2ccccc2)NC1=O. The third-order valence-corrected chi connectivity index (χ3v) is 9.83. The molecule has 0 saturated carbocycles. The molecule has 2 saturated heterocycles. The topological polar surface area (TPSA) is 166 Å². The van der Waals surface area contributed by atoms with Crippen molar-refractivity contribution in [1.82, 2.24) is 31.5 Å². The maximum Gasteiger partial charge on any atom is 0.246 e. The molecule has 4 aliphatic heterocycles. The van der Waals surface area contributed by atoms with Crippen LogP contribution < -0.4 is 26.6 Å². The summed E-state index contributed by atoms with van der Waals surface area (Å²) in [6, 6.07) is 13.1. The van der Waals surface area contributed by atoms with Crippen molar-refractivity contribution in [3.05, 3.63) is 71.3 Å². The lowest BCUT2D eigenvalue weighted by Gasteiger charge is -2.33. The molecule has 0 aromatic heterocycles. The molecule has 0 aliphatic carbocycles. The summed E-state index contributed by atoms with van der Waals surface area (Å²) in [5, 5.41) is 14.4. The predicted octanol–water partition coefficient (Wildman–Crippen LogP) is 1.55. The van der Waals surface area contributed by atoms with Crippen molar-refractivity contribution >= 4 is 35.4 Å². The Balaban J connectivity index is 1.44. The van der Waals surface area contributed by atoms with E-state index in [0.717, 1.165) is 16.7 Å². The van der Waals surface area contributed by atoms with E-state index in [0.29, 0.717) is 51.6 Å². The summed E-state index contributed by atoms with van der Waals surface area (Å²) in [6.07, 6.45) is 3.23. The van der Waals surface area contributed by atoms with Gasteiger partial charge in [-0.05, 0) is 67.1 Å². The zero-order chi connectivity index (χ0) is 35.8. The van der Waals surface area contributed by atoms with E-state index in [9.17, 15) is 28.8 Å². The van der Waals surface area contributed by atoms with E-state index in [1.807, 2.05) is 75.4 Å². The van der Waals surface area contributed by atoms with E-state index in [2.05, 4.69) is 26.6 Å². The molecule has 268 valence electrons. The highest BCUT2D eigenvalue weighted by atomic mass is 16.2. The van der Waals surface area contributed by atoms with E-state index < -0.39 is 47.9 Å². The minimum Gasteiger partial charge on any atom is -0.354 e. The number of carbonyl (C=O) groups excluding carboxylic acids is 6. The van der Waals surface area contributed by atoms with Gasteiger partial charge in [0.25, 0.3) is 0 Å². The molecule has 2 aromatic carbocycles. The summed E-state index contributed by atoms with van der Waals surface area (Å²) in [5.74, 6) is -2.54. The minimum absolute atomic E-state index is 0.0434. The van der Waals surface area contributed by atoms with E-state index >= 15 is 0 Å². The average Bonchev–Trinajstić information content (AvgIpc) is 3.76. The molecular formula is C38H50N6O6. The van der Waals surface area contributed by atoms with Gasteiger partial charge in [-0.15, -0.1) is 0 Å². The number of benzene rings is 2. The van der Waals surface area contributed by atoms with Crippen molar-refractivity contribution in [2.24, 2.45) is 11.8 Å². The molecule has 6 amide bonds. The molecule has 50 heavy (non-hydrogen) atoms. The van der Waals surface area contributed by atoms with Gasteiger partial charge >= 0.3 is 0 Å². The fraction of sp³-hybridized carbons (Fsp3) is 0.526. The minimum atomic E-state index is -0.942. The molecule has 0 radical (unpaired) electrons. The lowest BCUT2D eigenvalue weighted by atomic mass is 9.91. The van der Waals surface area contributed by atoms with Crippen LogP contribution in [0.4, 0.5) is 0 Å². The van der Waals surface area contributed by atoms with Gasteiger partial charge in [0.1, 0.15) is 30.2 Å². The quantitative estimate of drug-likeness (QED) is 0.290. The smallest absolute Gasteiger partial charge is 0.246 e. The molecule has 2 aromatic rings. The van der Waals surface area contributed by atoms with E-state index in [4.69, 9.17) is 0 Å². The molecule has 5 N–H and O–H groups in total. The number of carbonyl (C=O) groups is 6. The number of nitrogens with zero attached hydrogens (tertiary/aromatic N) is 1. The number of fused-ring (bicyclic) bond motifs is 14. The molecule has 0 unspecified atom stereocenters. The van der Waals surface area contributed by atoms with Gasteiger partial charge in [0.05, 0.1) is 0 Å². The number of amides is 6. The Bertz CT molecular complexity index is 1550. The second-order valence-corrected chi connectivity index (χ2v) is 14.3. The van der Waals surface area contributed by atoms with Gasteiger partial charge in [0.2, 0.25) is 35.4 Å².